The first-order valence-corrected chi connectivity index (χ1v) is 8.81. The summed E-state index contributed by atoms with van der Waals surface area (Å²) in [6.45, 7) is 0.285. The van der Waals surface area contributed by atoms with Crippen LogP contribution in [0.15, 0.2) is 48.7 Å². The third-order valence-electron chi connectivity index (χ3n) is 4.11. The van der Waals surface area contributed by atoms with Crippen LogP contribution in [0.2, 0.25) is 10.0 Å². The lowest BCUT2D eigenvalue weighted by Gasteiger charge is -2.10. The highest BCUT2D eigenvalue weighted by Crippen LogP contribution is 2.28. The van der Waals surface area contributed by atoms with Crippen LogP contribution in [0, 0.1) is 0 Å². The van der Waals surface area contributed by atoms with Gasteiger partial charge in [-0.3, -0.25) is 9.78 Å². The molecule has 134 valence electrons. The maximum Gasteiger partial charge on any atom is 0.271 e. The zero-order chi connectivity index (χ0) is 19.0. The zero-order valence-corrected chi connectivity index (χ0v) is 15.4. The Morgan fingerprint density at radius 2 is 1.89 bits per heavy atom. The number of nitrogens with zero attached hydrogens (tertiary/aromatic N) is 3. The molecule has 0 spiro atoms. The minimum Gasteiger partial charge on any atom is -0.368 e. The van der Waals surface area contributed by atoms with Gasteiger partial charge in [0.15, 0.2) is 0 Å². The van der Waals surface area contributed by atoms with Crippen LogP contribution >= 0.6 is 23.2 Å². The van der Waals surface area contributed by atoms with Crippen LogP contribution in [0.1, 0.15) is 16.1 Å². The molecule has 1 amide bonds. The Balaban J connectivity index is 1.69. The molecule has 4 rings (SSSR count). The Kier molecular flexibility index (Phi) is 4.51. The van der Waals surface area contributed by atoms with E-state index < -0.39 is 5.91 Å². The largest absolute Gasteiger partial charge is 0.368 e. The third-order valence-corrected chi connectivity index (χ3v) is 4.61. The van der Waals surface area contributed by atoms with Gasteiger partial charge >= 0.3 is 0 Å². The number of nitrogens with one attached hydrogen (secondary N) is 1. The van der Waals surface area contributed by atoms with Crippen molar-refractivity contribution in [3.05, 3.63) is 70.0 Å². The number of pyridine rings is 1. The number of nitrogens with two attached hydrogens (primary N) is 1. The van der Waals surface area contributed by atoms with Gasteiger partial charge in [-0.1, -0.05) is 47.5 Å². The number of anilines is 1. The van der Waals surface area contributed by atoms with Crippen LogP contribution in [-0.2, 0) is 6.54 Å². The molecule has 6 nitrogen and oxygen atoms in total. The summed E-state index contributed by atoms with van der Waals surface area (Å²) in [6, 6.07) is 12.8. The molecule has 8 heteroatoms. The first kappa shape index (κ1) is 17.5. The Morgan fingerprint density at radius 3 is 2.74 bits per heavy atom. The maximum atomic E-state index is 12.8. The standard InChI is InChI=1S/C19H13Cl2N5O/c20-12-7-13-16(14(21)8-12)25-19(22)26-17(13)18(27)24-9-11-4-1-3-10-5-2-6-23-15(10)11/h1-8H,9H2,(H,24,27)(H2,22,25,26). The van der Waals surface area contributed by atoms with Crippen LogP contribution < -0.4 is 11.1 Å². The number of aromatic nitrogens is 3. The second-order valence-corrected chi connectivity index (χ2v) is 6.73. The van der Waals surface area contributed by atoms with Gasteiger partial charge in [-0.15, -0.1) is 0 Å². The predicted octanol–water partition coefficient (Wildman–Crippen LogP) is 4.00. The van der Waals surface area contributed by atoms with E-state index >= 15 is 0 Å². The van der Waals surface area contributed by atoms with Crippen molar-refractivity contribution < 1.29 is 4.79 Å². The van der Waals surface area contributed by atoms with Crippen molar-refractivity contribution in [1.29, 1.82) is 0 Å². The highest BCUT2D eigenvalue weighted by atomic mass is 35.5. The molecule has 0 aliphatic carbocycles. The molecule has 0 aliphatic rings. The van der Waals surface area contributed by atoms with E-state index in [1.54, 1.807) is 18.3 Å². The van der Waals surface area contributed by atoms with Crippen LogP contribution in [-0.4, -0.2) is 20.9 Å². The second-order valence-electron chi connectivity index (χ2n) is 5.89. The number of nitrogen functional groups attached to an aromatic ring is 1. The van der Waals surface area contributed by atoms with E-state index in [9.17, 15) is 4.79 Å². The number of carbonyl (C=O) groups excluding carboxylic acids is 1. The van der Waals surface area contributed by atoms with E-state index in [0.717, 1.165) is 16.5 Å². The number of hydrogen-bond acceptors (Lipinski definition) is 5. The molecule has 0 atom stereocenters. The minimum absolute atomic E-state index is 0.0382. The Bertz CT molecular complexity index is 1190. The van der Waals surface area contributed by atoms with Crippen molar-refractivity contribution in [2.45, 2.75) is 6.54 Å². The lowest BCUT2D eigenvalue weighted by Crippen LogP contribution is -2.25. The highest BCUT2D eigenvalue weighted by Gasteiger charge is 2.17. The molecule has 4 aromatic rings. The fourth-order valence-corrected chi connectivity index (χ4v) is 3.45. The first-order chi connectivity index (χ1) is 13.0. The Morgan fingerprint density at radius 1 is 1.07 bits per heavy atom. The van der Waals surface area contributed by atoms with Gasteiger partial charge in [-0.25, -0.2) is 9.97 Å². The van der Waals surface area contributed by atoms with Gasteiger partial charge in [-0.05, 0) is 23.8 Å². The minimum atomic E-state index is -0.402. The first-order valence-electron chi connectivity index (χ1n) is 8.06. The highest BCUT2D eigenvalue weighted by molar-refractivity contribution is 6.38. The molecule has 0 bridgehead atoms. The van der Waals surface area contributed by atoms with Crippen LogP contribution in [0.25, 0.3) is 21.8 Å². The number of hydrogen-bond donors (Lipinski definition) is 2. The number of halogens is 2. The third kappa shape index (κ3) is 3.37. The van der Waals surface area contributed by atoms with Crippen molar-refractivity contribution in [2.75, 3.05) is 5.73 Å². The van der Waals surface area contributed by atoms with Crippen LogP contribution in [0.4, 0.5) is 5.95 Å². The number of fused-ring (bicyclic) bond motifs is 2. The van der Waals surface area contributed by atoms with Crippen molar-refractivity contribution in [1.82, 2.24) is 20.3 Å². The number of para-hydroxylation sites is 1. The molecule has 0 saturated heterocycles. The van der Waals surface area contributed by atoms with E-state index in [1.165, 1.54) is 0 Å². The van der Waals surface area contributed by atoms with E-state index in [2.05, 4.69) is 20.3 Å². The summed E-state index contributed by atoms with van der Waals surface area (Å²) < 4.78 is 0. The zero-order valence-electron chi connectivity index (χ0n) is 13.9. The van der Waals surface area contributed by atoms with Crippen LogP contribution in [0.5, 0.6) is 0 Å². The lowest BCUT2D eigenvalue weighted by atomic mass is 10.1. The molecule has 0 fully saturated rings. The van der Waals surface area contributed by atoms with Gasteiger partial charge in [0, 0.05) is 28.5 Å². The van der Waals surface area contributed by atoms with E-state index in [1.807, 2.05) is 30.3 Å². The fraction of sp³-hybridized carbons (Fsp3) is 0.0526. The normalized spacial score (nSPS) is 11.0. The topological polar surface area (TPSA) is 93.8 Å². The number of carbonyl (C=O) groups is 1. The van der Waals surface area contributed by atoms with Crippen molar-refractivity contribution in [2.24, 2.45) is 0 Å². The van der Waals surface area contributed by atoms with Gasteiger partial charge < -0.3 is 11.1 Å². The quantitative estimate of drug-likeness (QED) is 0.544. The van der Waals surface area contributed by atoms with Gasteiger partial charge in [-0.2, -0.15) is 0 Å². The van der Waals surface area contributed by atoms with E-state index in [4.69, 9.17) is 28.9 Å². The molecule has 2 aromatic carbocycles. The summed E-state index contributed by atoms with van der Waals surface area (Å²) in [5.41, 5.74) is 7.97. The molecular weight excluding hydrogens is 385 g/mol. The summed E-state index contributed by atoms with van der Waals surface area (Å²) in [4.78, 5) is 25.4. The average molecular weight is 398 g/mol. The molecule has 27 heavy (non-hydrogen) atoms. The molecular formula is C19H13Cl2N5O. The summed E-state index contributed by atoms with van der Waals surface area (Å²) in [5, 5.41) is 4.98. The molecule has 0 saturated carbocycles. The summed E-state index contributed by atoms with van der Waals surface area (Å²) >= 11 is 12.2. The number of benzene rings is 2. The van der Waals surface area contributed by atoms with Crippen molar-refractivity contribution in [3.8, 4) is 0 Å². The SMILES string of the molecule is Nc1nc(C(=O)NCc2cccc3cccnc23)c2cc(Cl)cc(Cl)c2n1. The summed E-state index contributed by atoms with van der Waals surface area (Å²) in [6.07, 6.45) is 1.72. The summed E-state index contributed by atoms with van der Waals surface area (Å²) in [5.74, 6) is -0.441. The van der Waals surface area contributed by atoms with E-state index in [-0.39, 0.29) is 18.2 Å². The van der Waals surface area contributed by atoms with Crippen LogP contribution in [0.3, 0.4) is 0 Å². The fourth-order valence-electron chi connectivity index (χ4n) is 2.92. The molecule has 3 N–H and O–H groups in total. The molecule has 2 heterocycles. The Labute approximate surface area is 164 Å². The molecule has 0 radical (unpaired) electrons. The maximum absolute atomic E-state index is 12.8. The average Bonchev–Trinajstić information content (AvgIpc) is 2.66. The van der Waals surface area contributed by atoms with E-state index in [0.29, 0.717) is 20.9 Å². The smallest absolute Gasteiger partial charge is 0.271 e. The molecule has 0 aliphatic heterocycles. The van der Waals surface area contributed by atoms with Gasteiger partial charge in [0.1, 0.15) is 5.69 Å². The van der Waals surface area contributed by atoms with Gasteiger partial charge in [0.2, 0.25) is 5.95 Å². The monoisotopic (exact) mass is 397 g/mol. The Hall–Kier alpha value is -2.96. The molecule has 0 unspecified atom stereocenters. The predicted molar refractivity (Wildman–Crippen MR) is 107 cm³/mol. The second kappa shape index (κ2) is 6.98. The summed E-state index contributed by atoms with van der Waals surface area (Å²) in [7, 11) is 0. The van der Waals surface area contributed by atoms with Crippen molar-refractivity contribution >= 4 is 56.9 Å². The van der Waals surface area contributed by atoms with Gasteiger partial charge in [0.05, 0.1) is 16.1 Å². The molecule has 2 aromatic heterocycles. The lowest BCUT2D eigenvalue weighted by molar-refractivity contribution is 0.0948. The number of rotatable bonds is 3. The van der Waals surface area contributed by atoms with Gasteiger partial charge in [0.25, 0.3) is 5.91 Å². The van der Waals surface area contributed by atoms with Crippen molar-refractivity contribution in [3.63, 3.8) is 0 Å². The number of amides is 1.